The number of methoxy groups -OCH3 is 1. The summed E-state index contributed by atoms with van der Waals surface area (Å²) in [5.74, 6) is -0.400. The first-order valence-corrected chi connectivity index (χ1v) is 3.18. The summed E-state index contributed by atoms with van der Waals surface area (Å²) >= 11 is 0. The lowest BCUT2D eigenvalue weighted by Gasteiger charge is -2.00. The van der Waals surface area contributed by atoms with Gasteiger partial charge in [0, 0.05) is 5.69 Å². The molecule has 1 aromatic carbocycles. The van der Waals surface area contributed by atoms with E-state index < -0.39 is 5.97 Å². The van der Waals surface area contributed by atoms with E-state index in [1.807, 2.05) is 0 Å². The van der Waals surface area contributed by atoms with E-state index in [4.69, 9.17) is 5.73 Å². The predicted octanol–water partition coefficient (Wildman–Crippen LogP) is 1.90. The van der Waals surface area contributed by atoms with Gasteiger partial charge in [-0.2, -0.15) is 0 Å². The second kappa shape index (κ2) is 6.57. The molecule has 0 saturated heterocycles. The van der Waals surface area contributed by atoms with E-state index in [9.17, 15) is 4.79 Å². The Morgan fingerprint density at radius 3 is 2.31 bits per heavy atom. The van der Waals surface area contributed by atoms with Crippen LogP contribution in [-0.2, 0) is 4.74 Å². The van der Waals surface area contributed by atoms with Crippen LogP contribution in [0.2, 0.25) is 0 Å². The number of anilines is 1. The number of halogens is 2. The fraction of sp³-hybridized carbons (Fsp3) is 0.125. The van der Waals surface area contributed by atoms with Gasteiger partial charge in [0.25, 0.3) is 0 Å². The second-order valence-electron chi connectivity index (χ2n) is 2.08. The minimum Gasteiger partial charge on any atom is -0.465 e. The highest BCUT2D eigenvalue weighted by Gasteiger charge is 2.06. The first kappa shape index (κ1) is 14.6. The van der Waals surface area contributed by atoms with E-state index in [0.717, 1.165) is 0 Å². The lowest BCUT2D eigenvalue weighted by Crippen LogP contribution is -2.04. The molecule has 2 N–H and O–H groups in total. The Hall–Kier alpha value is -0.930. The quantitative estimate of drug-likeness (QED) is 0.585. The topological polar surface area (TPSA) is 52.3 Å². The predicted molar refractivity (Wildman–Crippen MR) is 56.7 cm³/mol. The number of esters is 1. The molecular weight excluding hydrogens is 213 g/mol. The first-order valence-electron chi connectivity index (χ1n) is 3.18. The van der Waals surface area contributed by atoms with Gasteiger partial charge in [0.2, 0.25) is 0 Å². The highest BCUT2D eigenvalue weighted by molar-refractivity contribution is 5.94. The Labute approximate surface area is 89.1 Å². The number of nitrogens with two attached hydrogens (primary N) is 1. The number of carbonyl (C=O) groups excluding carboxylic acids is 1. The van der Waals surface area contributed by atoms with Crippen LogP contribution in [0.25, 0.3) is 0 Å². The maximum atomic E-state index is 10.9. The molecule has 0 aliphatic heterocycles. The van der Waals surface area contributed by atoms with Crippen LogP contribution in [0.5, 0.6) is 0 Å². The van der Waals surface area contributed by atoms with Crippen LogP contribution in [0.4, 0.5) is 5.69 Å². The molecule has 0 spiro atoms. The molecule has 0 aromatic heterocycles. The number of carbonyl (C=O) groups is 1. The summed E-state index contributed by atoms with van der Waals surface area (Å²) in [6.07, 6.45) is 0. The zero-order valence-corrected chi connectivity index (χ0v) is 8.65. The number of benzene rings is 1. The van der Waals surface area contributed by atoms with Crippen molar-refractivity contribution in [2.24, 2.45) is 0 Å². The van der Waals surface area contributed by atoms with E-state index in [0.29, 0.717) is 11.3 Å². The standard InChI is InChI=1S/C8H9NO2.2ClH/c1-11-8(10)6-4-2-3-5-7(6)9;;/h2-5H,9H2,1H3;2*1H. The largest absolute Gasteiger partial charge is 0.465 e. The maximum Gasteiger partial charge on any atom is 0.339 e. The van der Waals surface area contributed by atoms with Gasteiger partial charge in [-0.1, -0.05) is 12.1 Å². The molecule has 5 heteroatoms. The molecule has 0 saturated carbocycles. The lowest BCUT2D eigenvalue weighted by molar-refractivity contribution is 0.0602. The molecule has 74 valence electrons. The fourth-order valence-corrected chi connectivity index (χ4v) is 0.793. The van der Waals surface area contributed by atoms with Crippen molar-refractivity contribution in [1.82, 2.24) is 0 Å². The summed E-state index contributed by atoms with van der Waals surface area (Å²) in [6.45, 7) is 0. The van der Waals surface area contributed by atoms with E-state index in [-0.39, 0.29) is 24.8 Å². The minimum absolute atomic E-state index is 0. The molecule has 0 amide bonds. The van der Waals surface area contributed by atoms with Crippen LogP contribution < -0.4 is 5.73 Å². The minimum atomic E-state index is -0.400. The smallest absolute Gasteiger partial charge is 0.339 e. The van der Waals surface area contributed by atoms with Crippen molar-refractivity contribution in [3.05, 3.63) is 29.8 Å². The Bertz CT molecular complexity index is 279. The normalized spacial score (nSPS) is 7.77. The van der Waals surface area contributed by atoms with Gasteiger partial charge in [-0.25, -0.2) is 4.79 Å². The summed E-state index contributed by atoms with van der Waals surface area (Å²) in [6, 6.07) is 6.79. The Balaban J connectivity index is 0. The average molecular weight is 224 g/mol. The molecule has 13 heavy (non-hydrogen) atoms. The number of para-hydroxylation sites is 1. The van der Waals surface area contributed by atoms with Gasteiger partial charge in [-0.05, 0) is 12.1 Å². The molecular formula is C8H11Cl2NO2. The Morgan fingerprint density at radius 1 is 1.31 bits per heavy atom. The molecule has 0 atom stereocenters. The van der Waals surface area contributed by atoms with Gasteiger partial charge in [0.05, 0.1) is 12.7 Å². The van der Waals surface area contributed by atoms with Gasteiger partial charge >= 0.3 is 5.97 Å². The third kappa shape index (κ3) is 3.53. The highest BCUT2D eigenvalue weighted by atomic mass is 35.5. The van der Waals surface area contributed by atoms with Crippen LogP contribution in [-0.4, -0.2) is 13.1 Å². The van der Waals surface area contributed by atoms with Crippen LogP contribution in [0.15, 0.2) is 24.3 Å². The molecule has 0 aliphatic rings. The summed E-state index contributed by atoms with van der Waals surface area (Å²) in [5, 5.41) is 0. The van der Waals surface area contributed by atoms with E-state index in [2.05, 4.69) is 4.74 Å². The first-order chi connectivity index (χ1) is 5.25. The number of rotatable bonds is 1. The monoisotopic (exact) mass is 223 g/mol. The maximum absolute atomic E-state index is 10.9. The molecule has 0 radical (unpaired) electrons. The molecule has 3 nitrogen and oxygen atoms in total. The van der Waals surface area contributed by atoms with Crippen molar-refractivity contribution in [3.63, 3.8) is 0 Å². The van der Waals surface area contributed by atoms with E-state index in [1.165, 1.54) is 7.11 Å². The van der Waals surface area contributed by atoms with Gasteiger partial charge in [0.15, 0.2) is 0 Å². The summed E-state index contributed by atoms with van der Waals surface area (Å²) in [4.78, 5) is 10.9. The number of ether oxygens (including phenoxy) is 1. The van der Waals surface area contributed by atoms with E-state index in [1.54, 1.807) is 24.3 Å². The van der Waals surface area contributed by atoms with Crippen molar-refractivity contribution in [2.45, 2.75) is 0 Å². The van der Waals surface area contributed by atoms with E-state index >= 15 is 0 Å². The number of nitrogen functional groups attached to an aromatic ring is 1. The average Bonchev–Trinajstić information content (AvgIpc) is 2.04. The number of hydrogen-bond acceptors (Lipinski definition) is 3. The van der Waals surface area contributed by atoms with Gasteiger partial charge < -0.3 is 10.5 Å². The lowest BCUT2D eigenvalue weighted by atomic mass is 10.2. The zero-order valence-electron chi connectivity index (χ0n) is 7.02. The van der Waals surface area contributed by atoms with Crippen molar-refractivity contribution in [3.8, 4) is 0 Å². The van der Waals surface area contributed by atoms with Crippen molar-refractivity contribution in [2.75, 3.05) is 12.8 Å². The van der Waals surface area contributed by atoms with Crippen molar-refractivity contribution < 1.29 is 9.53 Å². The van der Waals surface area contributed by atoms with Crippen molar-refractivity contribution in [1.29, 1.82) is 0 Å². The van der Waals surface area contributed by atoms with Crippen LogP contribution in [0, 0.1) is 0 Å². The van der Waals surface area contributed by atoms with Gasteiger partial charge in [-0.15, -0.1) is 24.8 Å². The fourth-order valence-electron chi connectivity index (χ4n) is 0.793. The third-order valence-electron chi connectivity index (χ3n) is 1.37. The summed E-state index contributed by atoms with van der Waals surface area (Å²) in [7, 11) is 1.33. The zero-order chi connectivity index (χ0) is 8.27. The third-order valence-corrected chi connectivity index (χ3v) is 1.37. The van der Waals surface area contributed by atoms with Gasteiger partial charge in [-0.3, -0.25) is 0 Å². The Morgan fingerprint density at radius 2 is 1.85 bits per heavy atom. The second-order valence-corrected chi connectivity index (χ2v) is 2.08. The molecule has 1 rings (SSSR count). The molecule has 0 unspecified atom stereocenters. The SMILES string of the molecule is COC(=O)c1ccccc1N.Cl.Cl. The molecule has 0 bridgehead atoms. The molecule has 0 fully saturated rings. The number of hydrogen-bond donors (Lipinski definition) is 1. The summed E-state index contributed by atoms with van der Waals surface area (Å²) < 4.78 is 4.50. The Kier molecular flexibility index (Phi) is 7.37. The van der Waals surface area contributed by atoms with Crippen LogP contribution >= 0.6 is 24.8 Å². The summed E-state index contributed by atoms with van der Waals surface area (Å²) in [5.41, 5.74) is 6.35. The van der Waals surface area contributed by atoms with Gasteiger partial charge in [0.1, 0.15) is 0 Å². The van der Waals surface area contributed by atoms with Crippen LogP contribution in [0.1, 0.15) is 10.4 Å². The van der Waals surface area contributed by atoms with Crippen LogP contribution in [0.3, 0.4) is 0 Å². The highest BCUT2D eigenvalue weighted by Crippen LogP contribution is 2.10. The molecule has 0 heterocycles. The molecule has 0 aliphatic carbocycles. The molecule has 1 aromatic rings. The van der Waals surface area contributed by atoms with Crippen molar-refractivity contribution >= 4 is 36.5 Å².